The van der Waals surface area contributed by atoms with E-state index in [4.69, 9.17) is 0 Å². The quantitative estimate of drug-likeness (QED) is 0.792. The number of nitrogens with zero attached hydrogens (tertiary/aromatic N) is 3. The van der Waals surface area contributed by atoms with E-state index in [2.05, 4.69) is 15.0 Å². The van der Waals surface area contributed by atoms with Crippen LogP contribution in [0.4, 0.5) is 0 Å². The average Bonchev–Trinajstić information content (AvgIpc) is 2.88. The summed E-state index contributed by atoms with van der Waals surface area (Å²) in [5, 5.41) is 11.1. The van der Waals surface area contributed by atoms with Gasteiger partial charge in [-0.05, 0) is 30.7 Å². The molecule has 0 saturated carbocycles. The summed E-state index contributed by atoms with van der Waals surface area (Å²) in [6.45, 7) is 2.63. The standard InChI is InChI=1S/C14H13N4O2/c1-2-7-18-8-15-13-11(14(18)20)16-12(17-13)9-3-5-10(19)6-4-9/h3-6,8H,2,7H2,1H3,(H,16,17). The first-order chi connectivity index (χ1) is 9.69. The van der Waals surface area contributed by atoms with Crippen LogP contribution in [0.25, 0.3) is 22.6 Å². The van der Waals surface area contributed by atoms with Gasteiger partial charge in [0.25, 0.3) is 5.56 Å². The number of imidazole rings is 1. The van der Waals surface area contributed by atoms with Crippen molar-refractivity contribution in [2.45, 2.75) is 19.9 Å². The molecule has 1 aromatic carbocycles. The first-order valence-electron chi connectivity index (χ1n) is 6.41. The molecule has 101 valence electrons. The second-order valence-electron chi connectivity index (χ2n) is 4.55. The predicted octanol–water partition coefficient (Wildman–Crippen LogP) is 2.34. The average molecular weight is 269 g/mol. The summed E-state index contributed by atoms with van der Waals surface area (Å²) in [4.78, 5) is 23.7. The molecule has 3 rings (SSSR count). The zero-order chi connectivity index (χ0) is 14.1. The molecule has 6 nitrogen and oxygen atoms in total. The van der Waals surface area contributed by atoms with E-state index in [1.165, 1.54) is 18.5 Å². The number of aryl methyl sites for hydroxylation is 1. The number of aromatic nitrogens is 4. The number of hydrogen-bond acceptors (Lipinski definition) is 3. The van der Waals surface area contributed by atoms with Crippen molar-refractivity contribution in [1.29, 1.82) is 0 Å². The molecule has 1 radical (unpaired) electrons. The molecular weight excluding hydrogens is 256 g/mol. The second-order valence-corrected chi connectivity index (χ2v) is 4.55. The van der Waals surface area contributed by atoms with E-state index in [0.717, 1.165) is 12.0 Å². The fraction of sp³-hybridized carbons (Fsp3) is 0.214. The predicted molar refractivity (Wildman–Crippen MR) is 74.0 cm³/mol. The van der Waals surface area contributed by atoms with Crippen LogP contribution in [0.1, 0.15) is 13.3 Å². The van der Waals surface area contributed by atoms with E-state index in [1.807, 2.05) is 6.92 Å². The molecule has 3 aromatic rings. The van der Waals surface area contributed by atoms with Gasteiger partial charge < -0.3 is 4.98 Å². The third-order valence-corrected chi connectivity index (χ3v) is 3.07. The first kappa shape index (κ1) is 12.4. The van der Waals surface area contributed by atoms with Crippen molar-refractivity contribution in [1.82, 2.24) is 19.5 Å². The maximum Gasteiger partial charge on any atom is 0.279 e. The van der Waals surface area contributed by atoms with Crippen molar-refractivity contribution in [2.75, 3.05) is 0 Å². The summed E-state index contributed by atoms with van der Waals surface area (Å²) in [6, 6.07) is 6.27. The van der Waals surface area contributed by atoms with E-state index >= 15 is 0 Å². The summed E-state index contributed by atoms with van der Waals surface area (Å²) >= 11 is 0. The Morgan fingerprint density at radius 2 is 2.00 bits per heavy atom. The molecule has 0 aliphatic heterocycles. The van der Waals surface area contributed by atoms with Crippen LogP contribution < -0.4 is 5.56 Å². The number of benzene rings is 1. The number of nitrogens with one attached hydrogen (secondary N) is 1. The third-order valence-electron chi connectivity index (χ3n) is 3.07. The Hall–Kier alpha value is -2.63. The molecule has 0 spiro atoms. The summed E-state index contributed by atoms with van der Waals surface area (Å²) in [6.07, 6.45) is 2.37. The van der Waals surface area contributed by atoms with E-state index in [9.17, 15) is 9.90 Å². The Morgan fingerprint density at radius 1 is 1.25 bits per heavy atom. The lowest BCUT2D eigenvalue weighted by atomic mass is 10.2. The summed E-state index contributed by atoms with van der Waals surface area (Å²) in [7, 11) is 0. The monoisotopic (exact) mass is 269 g/mol. The van der Waals surface area contributed by atoms with Crippen LogP contribution in [0.2, 0.25) is 0 Å². The highest BCUT2D eigenvalue weighted by molar-refractivity contribution is 5.74. The lowest BCUT2D eigenvalue weighted by Crippen LogP contribution is -2.20. The maximum absolute atomic E-state index is 12.2. The number of fused-ring (bicyclic) bond motifs is 1. The van der Waals surface area contributed by atoms with Gasteiger partial charge in [-0.3, -0.25) is 14.5 Å². The summed E-state index contributed by atoms with van der Waals surface area (Å²) in [5.41, 5.74) is 1.41. The van der Waals surface area contributed by atoms with Gasteiger partial charge >= 0.3 is 0 Å². The molecule has 0 fully saturated rings. The Kier molecular flexibility index (Phi) is 2.98. The minimum absolute atomic E-state index is 0.0618. The van der Waals surface area contributed by atoms with Gasteiger partial charge in [0.15, 0.2) is 16.9 Å². The fourth-order valence-electron chi connectivity index (χ4n) is 2.08. The molecule has 1 N–H and O–H groups in total. The van der Waals surface area contributed by atoms with Crippen LogP contribution in [-0.4, -0.2) is 19.5 Å². The normalized spacial score (nSPS) is 11.1. The molecule has 0 saturated heterocycles. The minimum atomic E-state index is -0.129. The molecule has 2 heterocycles. The lowest BCUT2D eigenvalue weighted by Gasteiger charge is -2.00. The van der Waals surface area contributed by atoms with Gasteiger partial charge in [-0.2, -0.15) is 0 Å². The molecule has 20 heavy (non-hydrogen) atoms. The lowest BCUT2D eigenvalue weighted by molar-refractivity contribution is 0.355. The van der Waals surface area contributed by atoms with Gasteiger partial charge in [0.2, 0.25) is 0 Å². The Labute approximate surface area is 114 Å². The van der Waals surface area contributed by atoms with E-state index < -0.39 is 0 Å². The van der Waals surface area contributed by atoms with Gasteiger partial charge in [-0.25, -0.2) is 9.97 Å². The summed E-state index contributed by atoms with van der Waals surface area (Å²) < 4.78 is 1.56. The highest BCUT2D eigenvalue weighted by Gasteiger charge is 2.11. The highest BCUT2D eigenvalue weighted by Crippen LogP contribution is 2.20. The zero-order valence-corrected chi connectivity index (χ0v) is 11.0. The van der Waals surface area contributed by atoms with Gasteiger partial charge in [-0.15, -0.1) is 0 Å². The number of rotatable bonds is 3. The van der Waals surface area contributed by atoms with Crippen molar-refractivity contribution in [3.63, 3.8) is 0 Å². The Bertz CT molecular complexity index is 802. The Balaban J connectivity index is 2.13. The van der Waals surface area contributed by atoms with Crippen molar-refractivity contribution in [2.24, 2.45) is 0 Å². The Morgan fingerprint density at radius 3 is 2.70 bits per heavy atom. The van der Waals surface area contributed by atoms with Crippen LogP contribution in [0.15, 0.2) is 35.4 Å². The molecule has 0 atom stereocenters. The highest BCUT2D eigenvalue weighted by atomic mass is 16.3. The second kappa shape index (κ2) is 4.80. The minimum Gasteiger partial charge on any atom is -0.332 e. The van der Waals surface area contributed by atoms with Crippen LogP contribution in [0.3, 0.4) is 0 Å². The molecule has 0 unspecified atom stereocenters. The van der Waals surface area contributed by atoms with E-state index in [-0.39, 0.29) is 11.3 Å². The smallest absolute Gasteiger partial charge is 0.279 e. The largest absolute Gasteiger partial charge is 0.332 e. The van der Waals surface area contributed by atoms with Gasteiger partial charge in [0, 0.05) is 12.1 Å². The molecule has 2 aromatic heterocycles. The van der Waals surface area contributed by atoms with Gasteiger partial charge in [-0.1, -0.05) is 6.92 Å². The molecule has 0 bridgehead atoms. The van der Waals surface area contributed by atoms with Crippen LogP contribution in [0.5, 0.6) is 5.75 Å². The van der Waals surface area contributed by atoms with E-state index in [1.54, 1.807) is 16.7 Å². The molecule has 0 amide bonds. The van der Waals surface area contributed by atoms with Crippen molar-refractivity contribution < 1.29 is 5.11 Å². The third kappa shape index (κ3) is 2.05. The maximum atomic E-state index is 12.2. The number of hydrogen-bond donors (Lipinski definition) is 1. The van der Waals surface area contributed by atoms with Crippen LogP contribution >= 0.6 is 0 Å². The number of H-pyrrole nitrogens is 1. The topological polar surface area (TPSA) is 83.5 Å². The first-order valence-corrected chi connectivity index (χ1v) is 6.41. The molecule has 6 heteroatoms. The molecule has 0 aliphatic rings. The molecule has 0 aliphatic carbocycles. The van der Waals surface area contributed by atoms with Gasteiger partial charge in [0.05, 0.1) is 0 Å². The van der Waals surface area contributed by atoms with E-state index in [0.29, 0.717) is 23.5 Å². The zero-order valence-electron chi connectivity index (χ0n) is 11.0. The molecular formula is C14H13N4O2. The summed E-state index contributed by atoms with van der Waals surface area (Å²) in [5.74, 6) is 0.479. The van der Waals surface area contributed by atoms with Crippen molar-refractivity contribution >= 4 is 11.2 Å². The fourth-order valence-corrected chi connectivity index (χ4v) is 2.08. The number of aromatic amines is 1. The van der Waals surface area contributed by atoms with Gasteiger partial charge in [0.1, 0.15) is 12.2 Å². The van der Waals surface area contributed by atoms with Crippen LogP contribution in [0, 0.1) is 0 Å². The van der Waals surface area contributed by atoms with Crippen molar-refractivity contribution in [3.05, 3.63) is 40.9 Å². The van der Waals surface area contributed by atoms with Crippen molar-refractivity contribution in [3.8, 4) is 17.1 Å². The SMILES string of the molecule is CCCn1cnc2nc(-c3ccc([O])cc3)[nH]c2c1=O. The van der Waals surface area contributed by atoms with Crippen LogP contribution in [-0.2, 0) is 11.7 Å².